The maximum absolute atomic E-state index is 12.3. The molecular weight excluding hydrogens is 282 g/mol. The number of thioether (sulfide) groups is 1. The second-order valence-electron chi connectivity index (χ2n) is 5.36. The van der Waals surface area contributed by atoms with E-state index >= 15 is 0 Å². The van der Waals surface area contributed by atoms with Gasteiger partial charge >= 0.3 is 0 Å². The minimum absolute atomic E-state index is 0.00172. The van der Waals surface area contributed by atoms with Gasteiger partial charge in [-0.3, -0.25) is 4.79 Å². The lowest BCUT2D eigenvalue weighted by Crippen LogP contribution is -2.38. The molecule has 1 aliphatic rings. The van der Waals surface area contributed by atoms with Crippen molar-refractivity contribution in [2.75, 3.05) is 17.6 Å². The summed E-state index contributed by atoms with van der Waals surface area (Å²) in [6.07, 6.45) is 6.22. The van der Waals surface area contributed by atoms with Gasteiger partial charge in [0.05, 0.1) is 5.56 Å². The zero-order chi connectivity index (χ0) is 15.1. The average molecular weight is 307 g/mol. The maximum Gasteiger partial charge on any atom is 0.253 e. The monoisotopic (exact) mass is 307 g/mol. The largest absolute Gasteiger partial charge is 0.370 e. The van der Waals surface area contributed by atoms with E-state index in [1.165, 1.54) is 12.8 Å². The Hall–Kier alpha value is -1.23. The Labute approximate surface area is 131 Å². The molecule has 1 aromatic rings. The summed E-state index contributed by atoms with van der Waals surface area (Å²) in [6, 6.07) is 4.02. The Morgan fingerprint density at radius 2 is 2.24 bits per heavy atom. The number of aromatic nitrogens is 1. The number of amides is 1. The van der Waals surface area contributed by atoms with Gasteiger partial charge in [-0.15, -0.1) is 0 Å². The van der Waals surface area contributed by atoms with Crippen molar-refractivity contribution >= 4 is 23.5 Å². The number of hydrogen-bond donors (Lipinski definition) is 2. The van der Waals surface area contributed by atoms with Crippen LogP contribution in [0.5, 0.6) is 0 Å². The molecule has 1 aliphatic carbocycles. The van der Waals surface area contributed by atoms with Gasteiger partial charge in [0.15, 0.2) is 0 Å². The molecule has 5 heteroatoms. The summed E-state index contributed by atoms with van der Waals surface area (Å²) in [6.45, 7) is 5.19. The van der Waals surface area contributed by atoms with Crippen molar-refractivity contribution in [3.05, 3.63) is 23.9 Å². The van der Waals surface area contributed by atoms with Crippen LogP contribution in [0.25, 0.3) is 0 Å². The molecule has 0 spiro atoms. The second kappa shape index (κ2) is 8.27. The molecule has 1 heterocycles. The van der Waals surface area contributed by atoms with Crippen LogP contribution in [0.15, 0.2) is 18.3 Å². The molecule has 0 radical (unpaired) electrons. The van der Waals surface area contributed by atoms with Crippen LogP contribution in [-0.2, 0) is 0 Å². The van der Waals surface area contributed by atoms with Crippen LogP contribution in [-0.4, -0.2) is 34.5 Å². The van der Waals surface area contributed by atoms with Crippen LogP contribution in [0.4, 0.5) is 5.82 Å². The number of carbonyl (C=O) groups excluding carboxylic acids is 1. The van der Waals surface area contributed by atoms with E-state index in [9.17, 15) is 4.79 Å². The highest BCUT2D eigenvalue weighted by Crippen LogP contribution is 2.30. The molecule has 1 amide bonds. The van der Waals surface area contributed by atoms with E-state index in [1.807, 2.05) is 23.9 Å². The van der Waals surface area contributed by atoms with Crippen molar-refractivity contribution in [2.45, 2.75) is 50.8 Å². The van der Waals surface area contributed by atoms with E-state index in [4.69, 9.17) is 0 Å². The molecule has 4 nitrogen and oxygen atoms in total. The minimum Gasteiger partial charge on any atom is -0.370 e. The highest BCUT2D eigenvalue weighted by Gasteiger charge is 2.28. The smallest absolute Gasteiger partial charge is 0.253 e. The number of nitrogens with zero attached hydrogens (tertiary/aromatic N) is 1. The Kier molecular flexibility index (Phi) is 6.36. The predicted molar refractivity (Wildman–Crippen MR) is 90.0 cm³/mol. The summed E-state index contributed by atoms with van der Waals surface area (Å²) in [5, 5.41) is 6.95. The van der Waals surface area contributed by atoms with Gasteiger partial charge in [0.1, 0.15) is 5.82 Å². The van der Waals surface area contributed by atoms with Gasteiger partial charge in [-0.1, -0.05) is 20.3 Å². The number of rotatable bonds is 7. The third-order valence-corrected chi connectivity index (χ3v) is 5.06. The Morgan fingerprint density at radius 3 is 2.90 bits per heavy atom. The molecule has 0 aromatic carbocycles. The average Bonchev–Trinajstić information content (AvgIpc) is 2.93. The van der Waals surface area contributed by atoms with Crippen molar-refractivity contribution < 1.29 is 4.79 Å². The summed E-state index contributed by atoms with van der Waals surface area (Å²) in [7, 11) is 0. The van der Waals surface area contributed by atoms with Gasteiger partial charge in [-0.2, -0.15) is 11.8 Å². The van der Waals surface area contributed by atoms with Crippen molar-refractivity contribution in [3.63, 3.8) is 0 Å². The molecule has 0 bridgehead atoms. The van der Waals surface area contributed by atoms with E-state index in [1.54, 1.807) is 6.20 Å². The normalized spacial score (nSPS) is 21.2. The Bertz CT molecular complexity index is 449. The molecule has 0 saturated heterocycles. The lowest BCUT2D eigenvalue weighted by molar-refractivity contribution is 0.0938. The first kappa shape index (κ1) is 16.1. The summed E-state index contributed by atoms with van der Waals surface area (Å²) in [5.74, 6) is 1.93. The van der Waals surface area contributed by atoms with E-state index in [0.717, 1.165) is 31.0 Å². The van der Waals surface area contributed by atoms with Gasteiger partial charge in [0.25, 0.3) is 5.91 Å². The standard InChI is InChI=1S/C16H25N3OS/c1-3-10-17-15-9-8-12(11-18-15)16(20)19-13-6-5-7-14(13)21-4-2/h8-9,11,13-14H,3-7,10H2,1-2H3,(H,17,18)(H,19,20). The van der Waals surface area contributed by atoms with Crippen LogP contribution < -0.4 is 10.6 Å². The molecule has 2 rings (SSSR count). The van der Waals surface area contributed by atoms with E-state index in [2.05, 4.69) is 29.5 Å². The van der Waals surface area contributed by atoms with Crippen molar-refractivity contribution in [3.8, 4) is 0 Å². The summed E-state index contributed by atoms with van der Waals surface area (Å²) in [4.78, 5) is 16.6. The number of hydrogen-bond acceptors (Lipinski definition) is 4. The Morgan fingerprint density at radius 1 is 1.38 bits per heavy atom. The molecular formula is C16H25N3OS. The van der Waals surface area contributed by atoms with Crippen LogP contribution in [0.3, 0.4) is 0 Å². The van der Waals surface area contributed by atoms with Gasteiger partial charge in [-0.05, 0) is 37.1 Å². The summed E-state index contributed by atoms with van der Waals surface area (Å²) >= 11 is 1.96. The van der Waals surface area contributed by atoms with Crippen molar-refractivity contribution in [1.82, 2.24) is 10.3 Å². The first-order valence-corrected chi connectivity index (χ1v) is 8.91. The predicted octanol–water partition coefficient (Wildman–Crippen LogP) is 3.31. The quantitative estimate of drug-likeness (QED) is 0.811. The molecule has 1 saturated carbocycles. The highest BCUT2D eigenvalue weighted by molar-refractivity contribution is 7.99. The topological polar surface area (TPSA) is 54.0 Å². The number of anilines is 1. The molecule has 116 valence electrons. The van der Waals surface area contributed by atoms with Gasteiger partial charge in [0.2, 0.25) is 0 Å². The molecule has 1 aromatic heterocycles. The fraction of sp³-hybridized carbons (Fsp3) is 0.625. The SMILES string of the molecule is CCCNc1ccc(C(=O)NC2CCCC2SCC)cn1. The lowest BCUT2D eigenvalue weighted by atomic mass is 10.2. The van der Waals surface area contributed by atoms with Crippen LogP contribution >= 0.6 is 11.8 Å². The van der Waals surface area contributed by atoms with Crippen molar-refractivity contribution in [1.29, 1.82) is 0 Å². The van der Waals surface area contributed by atoms with Crippen molar-refractivity contribution in [2.24, 2.45) is 0 Å². The minimum atomic E-state index is -0.00172. The Balaban J connectivity index is 1.90. The fourth-order valence-electron chi connectivity index (χ4n) is 2.64. The molecule has 2 N–H and O–H groups in total. The van der Waals surface area contributed by atoms with Crippen LogP contribution in [0.2, 0.25) is 0 Å². The number of nitrogens with one attached hydrogen (secondary N) is 2. The van der Waals surface area contributed by atoms with E-state index in [0.29, 0.717) is 16.9 Å². The first-order valence-electron chi connectivity index (χ1n) is 7.87. The zero-order valence-electron chi connectivity index (χ0n) is 12.9. The zero-order valence-corrected chi connectivity index (χ0v) is 13.7. The number of carbonyl (C=O) groups is 1. The first-order chi connectivity index (χ1) is 10.2. The van der Waals surface area contributed by atoms with E-state index in [-0.39, 0.29) is 5.91 Å². The van der Waals surface area contributed by atoms with Gasteiger partial charge < -0.3 is 10.6 Å². The van der Waals surface area contributed by atoms with Crippen LogP contribution in [0.1, 0.15) is 49.9 Å². The molecule has 0 aliphatic heterocycles. The summed E-state index contributed by atoms with van der Waals surface area (Å²) in [5.41, 5.74) is 0.643. The third kappa shape index (κ3) is 4.63. The molecule has 21 heavy (non-hydrogen) atoms. The second-order valence-corrected chi connectivity index (χ2v) is 6.88. The maximum atomic E-state index is 12.3. The highest BCUT2D eigenvalue weighted by atomic mass is 32.2. The third-order valence-electron chi connectivity index (χ3n) is 3.73. The summed E-state index contributed by atoms with van der Waals surface area (Å²) < 4.78 is 0. The van der Waals surface area contributed by atoms with E-state index < -0.39 is 0 Å². The molecule has 2 atom stereocenters. The molecule has 2 unspecified atom stereocenters. The fourth-order valence-corrected chi connectivity index (χ4v) is 3.84. The molecule has 1 fully saturated rings. The number of pyridine rings is 1. The lowest BCUT2D eigenvalue weighted by Gasteiger charge is -2.20. The van der Waals surface area contributed by atoms with Crippen LogP contribution in [0, 0.1) is 0 Å². The van der Waals surface area contributed by atoms with Gasteiger partial charge in [0, 0.05) is 24.0 Å². The van der Waals surface area contributed by atoms with Gasteiger partial charge in [-0.25, -0.2) is 4.98 Å².